The maximum Gasteiger partial charge on any atom is 0.141 e. The summed E-state index contributed by atoms with van der Waals surface area (Å²) in [6.45, 7) is 4.88. The number of rotatable bonds is 8. The molecule has 21 heavy (non-hydrogen) atoms. The van der Waals surface area contributed by atoms with Gasteiger partial charge in [-0.2, -0.15) is 0 Å². The van der Waals surface area contributed by atoms with Crippen LogP contribution < -0.4 is 5.32 Å². The van der Waals surface area contributed by atoms with Crippen molar-refractivity contribution in [3.63, 3.8) is 0 Å². The third kappa shape index (κ3) is 5.19. The maximum absolute atomic E-state index is 13.0. The van der Waals surface area contributed by atoms with E-state index in [1.807, 2.05) is 0 Å². The Morgan fingerprint density at radius 3 is 2.86 bits per heavy atom. The van der Waals surface area contributed by atoms with Gasteiger partial charge in [-0.25, -0.2) is 4.39 Å². The second-order valence-corrected chi connectivity index (χ2v) is 6.15. The Kier molecular flexibility index (Phi) is 6.29. The fourth-order valence-electron chi connectivity index (χ4n) is 2.29. The number of pyridine rings is 1. The molecule has 1 unspecified atom stereocenters. The van der Waals surface area contributed by atoms with Gasteiger partial charge in [0.2, 0.25) is 0 Å². The SMILES string of the molecule is CCNC(CCN(C)Cc1cccs1)c1ccc(F)cn1. The van der Waals surface area contributed by atoms with Crippen LogP contribution in [0.15, 0.2) is 35.8 Å². The largest absolute Gasteiger partial charge is 0.309 e. The van der Waals surface area contributed by atoms with Crippen molar-refractivity contribution in [2.45, 2.75) is 25.9 Å². The van der Waals surface area contributed by atoms with E-state index in [1.54, 1.807) is 17.4 Å². The van der Waals surface area contributed by atoms with E-state index >= 15 is 0 Å². The number of hydrogen-bond acceptors (Lipinski definition) is 4. The van der Waals surface area contributed by atoms with Crippen LogP contribution in [0.1, 0.15) is 30.0 Å². The first kappa shape index (κ1) is 16.1. The molecule has 0 aliphatic rings. The van der Waals surface area contributed by atoms with Gasteiger partial charge in [0.15, 0.2) is 0 Å². The van der Waals surface area contributed by atoms with Crippen LogP contribution in [0.4, 0.5) is 4.39 Å². The zero-order valence-corrected chi connectivity index (χ0v) is 13.4. The molecular weight excluding hydrogens is 285 g/mol. The van der Waals surface area contributed by atoms with Crippen molar-refractivity contribution in [2.24, 2.45) is 0 Å². The first-order valence-electron chi connectivity index (χ1n) is 7.24. The van der Waals surface area contributed by atoms with E-state index in [9.17, 15) is 4.39 Å². The molecule has 0 spiro atoms. The Hall–Kier alpha value is -1.30. The first-order valence-corrected chi connectivity index (χ1v) is 8.12. The highest BCUT2D eigenvalue weighted by atomic mass is 32.1. The first-order chi connectivity index (χ1) is 10.2. The molecule has 0 saturated carbocycles. The van der Waals surface area contributed by atoms with Crippen molar-refractivity contribution in [2.75, 3.05) is 20.1 Å². The molecule has 0 amide bonds. The summed E-state index contributed by atoms with van der Waals surface area (Å²) in [5.41, 5.74) is 0.905. The highest BCUT2D eigenvalue weighted by Crippen LogP contribution is 2.16. The minimum Gasteiger partial charge on any atom is -0.309 e. The van der Waals surface area contributed by atoms with Crippen molar-refractivity contribution < 1.29 is 4.39 Å². The number of nitrogens with zero attached hydrogens (tertiary/aromatic N) is 2. The molecule has 0 saturated heterocycles. The van der Waals surface area contributed by atoms with Gasteiger partial charge in [-0.1, -0.05) is 13.0 Å². The average molecular weight is 307 g/mol. The van der Waals surface area contributed by atoms with Crippen molar-refractivity contribution >= 4 is 11.3 Å². The molecule has 0 bridgehead atoms. The van der Waals surface area contributed by atoms with Crippen molar-refractivity contribution in [1.82, 2.24) is 15.2 Å². The van der Waals surface area contributed by atoms with Gasteiger partial charge in [-0.3, -0.25) is 4.98 Å². The second kappa shape index (κ2) is 8.22. The van der Waals surface area contributed by atoms with Crippen LogP contribution in [-0.4, -0.2) is 30.0 Å². The second-order valence-electron chi connectivity index (χ2n) is 5.12. The molecule has 2 heterocycles. The Bertz CT molecular complexity index is 513. The molecule has 0 fully saturated rings. The lowest BCUT2D eigenvalue weighted by atomic mass is 10.1. The van der Waals surface area contributed by atoms with E-state index in [4.69, 9.17) is 0 Å². The van der Waals surface area contributed by atoms with E-state index in [-0.39, 0.29) is 11.9 Å². The summed E-state index contributed by atoms with van der Waals surface area (Å²) in [4.78, 5) is 7.87. The van der Waals surface area contributed by atoms with Crippen LogP contribution >= 0.6 is 11.3 Å². The minimum atomic E-state index is -0.288. The van der Waals surface area contributed by atoms with Gasteiger partial charge in [-0.05, 0) is 43.6 Å². The molecule has 0 aliphatic carbocycles. The molecule has 1 N–H and O–H groups in total. The highest BCUT2D eigenvalue weighted by Gasteiger charge is 2.13. The molecule has 2 rings (SSSR count). The van der Waals surface area contributed by atoms with Crippen LogP contribution in [0, 0.1) is 5.82 Å². The van der Waals surface area contributed by atoms with Crippen molar-refractivity contribution in [1.29, 1.82) is 0 Å². The Morgan fingerprint density at radius 2 is 2.24 bits per heavy atom. The van der Waals surface area contributed by atoms with E-state index in [0.717, 1.165) is 31.7 Å². The summed E-state index contributed by atoms with van der Waals surface area (Å²) in [5, 5.41) is 5.53. The van der Waals surface area contributed by atoms with Crippen LogP contribution in [0.25, 0.3) is 0 Å². The van der Waals surface area contributed by atoms with E-state index in [0.29, 0.717) is 0 Å². The van der Waals surface area contributed by atoms with E-state index in [2.05, 4.69) is 46.7 Å². The van der Waals surface area contributed by atoms with Crippen LogP contribution in [0.2, 0.25) is 0 Å². The Balaban J connectivity index is 1.88. The molecule has 0 aliphatic heterocycles. The Morgan fingerprint density at radius 1 is 1.38 bits per heavy atom. The van der Waals surface area contributed by atoms with E-state index < -0.39 is 0 Å². The molecule has 0 aromatic carbocycles. The molecule has 2 aromatic rings. The Labute approximate surface area is 129 Å². The topological polar surface area (TPSA) is 28.2 Å². The average Bonchev–Trinajstić information content (AvgIpc) is 2.97. The van der Waals surface area contributed by atoms with Gasteiger partial charge in [0.1, 0.15) is 5.82 Å². The summed E-state index contributed by atoms with van der Waals surface area (Å²) < 4.78 is 13.0. The summed E-state index contributed by atoms with van der Waals surface area (Å²) in [7, 11) is 2.13. The quantitative estimate of drug-likeness (QED) is 0.809. The zero-order valence-electron chi connectivity index (χ0n) is 12.6. The highest BCUT2D eigenvalue weighted by molar-refractivity contribution is 7.09. The van der Waals surface area contributed by atoms with Crippen LogP contribution in [-0.2, 0) is 6.54 Å². The standard InChI is InChI=1S/C16H22FN3S/c1-3-18-16(15-7-6-13(17)11-19-15)8-9-20(2)12-14-5-4-10-21-14/h4-7,10-11,16,18H,3,8-9,12H2,1-2H3. The molecule has 114 valence electrons. The normalized spacial score (nSPS) is 12.8. The maximum atomic E-state index is 13.0. The van der Waals surface area contributed by atoms with Crippen molar-refractivity contribution in [3.05, 3.63) is 52.2 Å². The van der Waals surface area contributed by atoms with Gasteiger partial charge in [0.25, 0.3) is 0 Å². The third-order valence-corrected chi connectivity index (χ3v) is 4.22. The van der Waals surface area contributed by atoms with Gasteiger partial charge in [0, 0.05) is 18.0 Å². The molecule has 5 heteroatoms. The number of hydrogen-bond donors (Lipinski definition) is 1. The monoisotopic (exact) mass is 307 g/mol. The zero-order chi connectivity index (χ0) is 15.1. The van der Waals surface area contributed by atoms with Gasteiger partial charge in [0.05, 0.1) is 17.9 Å². The fourth-order valence-corrected chi connectivity index (χ4v) is 3.08. The minimum absolute atomic E-state index is 0.168. The summed E-state index contributed by atoms with van der Waals surface area (Å²) in [6.07, 6.45) is 2.24. The third-order valence-electron chi connectivity index (χ3n) is 3.36. The van der Waals surface area contributed by atoms with E-state index in [1.165, 1.54) is 17.1 Å². The van der Waals surface area contributed by atoms with Crippen LogP contribution in [0.3, 0.4) is 0 Å². The number of aromatic nitrogens is 1. The fraction of sp³-hybridized carbons (Fsp3) is 0.438. The molecular formula is C16H22FN3S. The molecule has 2 aromatic heterocycles. The van der Waals surface area contributed by atoms with Gasteiger partial charge >= 0.3 is 0 Å². The molecule has 1 atom stereocenters. The predicted molar refractivity (Wildman–Crippen MR) is 85.9 cm³/mol. The molecule has 0 radical (unpaired) electrons. The van der Waals surface area contributed by atoms with Crippen LogP contribution in [0.5, 0.6) is 0 Å². The summed E-state index contributed by atoms with van der Waals surface area (Å²) in [5.74, 6) is -0.288. The summed E-state index contributed by atoms with van der Waals surface area (Å²) >= 11 is 1.78. The van der Waals surface area contributed by atoms with Gasteiger partial charge < -0.3 is 10.2 Å². The lowest BCUT2D eigenvalue weighted by Crippen LogP contribution is -2.27. The predicted octanol–water partition coefficient (Wildman–Crippen LogP) is 3.45. The molecule has 3 nitrogen and oxygen atoms in total. The smallest absolute Gasteiger partial charge is 0.141 e. The van der Waals surface area contributed by atoms with Crippen molar-refractivity contribution in [3.8, 4) is 0 Å². The number of halogens is 1. The number of nitrogens with one attached hydrogen (secondary N) is 1. The van der Waals surface area contributed by atoms with Gasteiger partial charge in [-0.15, -0.1) is 11.3 Å². The summed E-state index contributed by atoms with van der Waals surface area (Å²) in [6, 6.07) is 7.65. The lowest BCUT2D eigenvalue weighted by molar-refractivity contribution is 0.302. The lowest BCUT2D eigenvalue weighted by Gasteiger charge is -2.21. The number of thiophene rings is 1.